The highest BCUT2D eigenvalue weighted by Gasteiger charge is 2.23. The minimum absolute atomic E-state index is 0.340. The highest BCUT2D eigenvalue weighted by atomic mass is 32.2. The zero-order valence-electron chi connectivity index (χ0n) is 12.3. The quantitative estimate of drug-likeness (QED) is 0.591. The normalized spacial score (nSPS) is 11.8. The van der Waals surface area contributed by atoms with Gasteiger partial charge in [0.15, 0.2) is 0 Å². The maximum atomic E-state index is 12.6. The highest BCUT2D eigenvalue weighted by Crippen LogP contribution is 2.22. The number of hydrogen-bond acceptors (Lipinski definition) is 3. The fourth-order valence-corrected chi connectivity index (χ4v) is 3.55. The second kappa shape index (κ2) is 7.57. The van der Waals surface area contributed by atoms with E-state index in [0.29, 0.717) is 24.4 Å². The number of rotatable bonds is 8. The van der Waals surface area contributed by atoms with Crippen LogP contribution in [0.5, 0.6) is 0 Å². The van der Waals surface area contributed by atoms with Crippen molar-refractivity contribution in [3.63, 3.8) is 0 Å². The number of nitrogens with zero attached hydrogens (tertiary/aromatic N) is 1. The van der Waals surface area contributed by atoms with Crippen molar-refractivity contribution in [1.29, 1.82) is 0 Å². The Morgan fingerprint density at radius 1 is 1.40 bits per heavy atom. The molecule has 0 aromatic heterocycles. The molecule has 20 heavy (non-hydrogen) atoms. The van der Waals surface area contributed by atoms with Crippen molar-refractivity contribution in [3.05, 3.63) is 42.0 Å². The summed E-state index contributed by atoms with van der Waals surface area (Å²) >= 11 is 0. The Morgan fingerprint density at radius 2 is 2.10 bits per heavy atom. The molecule has 0 aliphatic heterocycles. The summed E-state index contributed by atoms with van der Waals surface area (Å²) in [5.41, 5.74) is 7.27. The van der Waals surface area contributed by atoms with E-state index in [1.807, 2.05) is 19.1 Å². The third-order valence-corrected chi connectivity index (χ3v) is 5.26. The Balaban J connectivity index is 3.09. The van der Waals surface area contributed by atoms with Gasteiger partial charge in [-0.3, -0.25) is 0 Å². The Morgan fingerprint density at radius 3 is 2.65 bits per heavy atom. The summed E-state index contributed by atoms with van der Waals surface area (Å²) in [4.78, 5) is 0.379. The van der Waals surface area contributed by atoms with Crippen LogP contribution in [0.4, 0.5) is 0 Å². The Hall–Kier alpha value is -1.17. The summed E-state index contributed by atoms with van der Waals surface area (Å²) in [7, 11) is -1.83. The molecule has 1 rings (SSSR count). The Bertz CT molecular complexity index is 553. The van der Waals surface area contributed by atoms with Crippen LogP contribution in [-0.4, -0.2) is 26.3 Å². The van der Waals surface area contributed by atoms with Gasteiger partial charge in [-0.2, -0.15) is 0 Å². The number of nitrogens with two attached hydrogens (primary N) is 1. The topological polar surface area (TPSA) is 63.4 Å². The molecule has 4 nitrogen and oxygen atoms in total. The largest absolute Gasteiger partial charge is 0.326 e. The van der Waals surface area contributed by atoms with Crippen molar-refractivity contribution in [2.45, 2.75) is 37.6 Å². The van der Waals surface area contributed by atoms with Crippen molar-refractivity contribution < 1.29 is 8.42 Å². The summed E-state index contributed by atoms with van der Waals surface area (Å²) in [6.07, 6.45) is 4.06. The fraction of sp³-hybridized carbons (Fsp3) is 0.467. The molecule has 0 fully saturated rings. The molecule has 0 saturated carbocycles. The van der Waals surface area contributed by atoms with Crippen molar-refractivity contribution in [2.24, 2.45) is 5.73 Å². The third-order valence-electron chi connectivity index (χ3n) is 3.32. The molecule has 0 aliphatic carbocycles. The maximum Gasteiger partial charge on any atom is 0.243 e. The van der Waals surface area contributed by atoms with Gasteiger partial charge in [0.1, 0.15) is 0 Å². The SMILES string of the molecule is C=CCCCN(C)S(=O)(=O)c1cc(CN)ccc1CC. The number of aryl methyl sites for hydroxylation is 1. The number of hydrogen-bond donors (Lipinski definition) is 1. The molecule has 0 spiro atoms. The van der Waals surface area contributed by atoms with Gasteiger partial charge in [-0.15, -0.1) is 6.58 Å². The second-order valence-corrected chi connectivity index (χ2v) is 6.77. The minimum atomic E-state index is -3.45. The van der Waals surface area contributed by atoms with E-state index < -0.39 is 10.0 Å². The van der Waals surface area contributed by atoms with Crippen LogP contribution in [0, 0.1) is 0 Å². The average molecular weight is 296 g/mol. The van der Waals surface area contributed by atoms with E-state index in [-0.39, 0.29) is 0 Å². The van der Waals surface area contributed by atoms with Gasteiger partial charge in [0, 0.05) is 20.1 Å². The molecular formula is C15H24N2O2S. The van der Waals surface area contributed by atoms with Crippen LogP contribution in [-0.2, 0) is 23.0 Å². The van der Waals surface area contributed by atoms with E-state index in [4.69, 9.17) is 5.73 Å². The van der Waals surface area contributed by atoms with Crippen LogP contribution < -0.4 is 5.73 Å². The lowest BCUT2D eigenvalue weighted by atomic mass is 10.1. The molecule has 2 N–H and O–H groups in total. The van der Waals surface area contributed by atoms with Gasteiger partial charge in [-0.1, -0.05) is 25.1 Å². The summed E-state index contributed by atoms with van der Waals surface area (Å²) in [5.74, 6) is 0. The van der Waals surface area contributed by atoms with Gasteiger partial charge in [0.25, 0.3) is 0 Å². The molecule has 5 heteroatoms. The lowest BCUT2D eigenvalue weighted by Crippen LogP contribution is -2.29. The molecule has 0 bridgehead atoms. The first-order valence-corrected chi connectivity index (χ1v) is 8.30. The van der Waals surface area contributed by atoms with Crippen LogP contribution in [0.15, 0.2) is 35.7 Å². The molecule has 1 aromatic carbocycles. The van der Waals surface area contributed by atoms with Crippen molar-refractivity contribution in [1.82, 2.24) is 4.31 Å². The van der Waals surface area contributed by atoms with E-state index >= 15 is 0 Å². The molecule has 1 aromatic rings. The first kappa shape index (κ1) is 16.9. The van der Waals surface area contributed by atoms with E-state index in [2.05, 4.69) is 6.58 Å². The lowest BCUT2D eigenvalue weighted by molar-refractivity contribution is 0.462. The Labute approximate surface area is 122 Å². The maximum absolute atomic E-state index is 12.6. The van der Waals surface area contributed by atoms with Gasteiger partial charge >= 0.3 is 0 Å². The zero-order chi connectivity index (χ0) is 15.2. The Kier molecular flexibility index (Phi) is 6.39. The van der Waals surface area contributed by atoms with Gasteiger partial charge in [-0.05, 0) is 36.5 Å². The molecular weight excluding hydrogens is 272 g/mol. The summed E-state index contributed by atoms with van der Waals surface area (Å²) in [5, 5.41) is 0. The smallest absolute Gasteiger partial charge is 0.243 e. The second-order valence-electron chi connectivity index (χ2n) is 4.76. The zero-order valence-corrected chi connectivity index (χ0v) is 13.1. The van der Waals surface area contributed by atoms with Gasteiger partial charge in [0.2, 0.25) is 10.0 Å². The highest BCUT2D eigenvalue weighted by molar-refractivity contribution is 7.89. The summed E-state index contributed by atoms with van der Waals surface area (Å²) in [6, 6.07) is 5.43. The van der Waals surface area contributed by atoms with Crippen LogP contribution in [0.1, 0.15) is 30.9 Å². The lowest BCUT2D eigenvalue weighted by Gasteiger charge is -2.19. The monoisotopic (exact) mass is 296 g/mol. The van der Waals surface area contributed by atoms with Crippen molar-refractivity contribution >= 4 is 10.0 Å². The third kappa shape index (κ3) is 3.91. The molecule has 0 heterocycles. The van der Waals surface area contributed by atoms with E-state index in [1.54, 1.807) is 19.2 Å². The first-order chi connectivity index (χ1) is 9.47. The van der Waals surface area contributed by atoms with Gasteiger partial charge in [-0.25, -0.2) is 12.7 Å². The number of benzene rings is 1. The molecule has 0 amide bonds. The van der Waals surface area contributed by atoms with Crippen LogP contribution in [0.3, 0.4) is 0 Å². The average Bonchev–Trinajstić information content (AvgIpc) is 2.46. The molecule has 112 valence electrons. The fourth-order valence-electron chi connectivity index (χ4n) is 2.00. The minimum Gasteiger partial charge on any atom is -0.326 e. The standard InChI is InChI=1S/C15H24N2O2S/c1-4-6-7-10-17(3)20(18,19)15-11-13(12-16)8-9-14(15)5-2/h4,8-9,11H,1,5-7,10,12,16H2,2-3H3. The van der Waals surface area contributed by atoms with Crippen LogP contribution in [0.2, 0.25) is 0 Å². The molecule has 0 atom stereocenters. The van der Waals surface area contributed by atoms with Gasteiger partial charge < -0.3 is 5.73 Å². The van der Waals surface area contributed by atoms with E-state index in [1.165, 1.54) is 4.31 Å². The molecule has 0 unspecified atom stereocenters. The first-order valence-electron chi connectivity index (χ1n) is 6.86. The van der Waals surface area contributed by atoms with E-state index in [0.717, 1.165) is 24.0 Å². The van der Waals surface area contributed by atoms with Crippen molar-refractivity contribution in [3.8, 4) is 0 Å². The predicted octanol–water partition coefficient (Wildman–Crippen LogP) is 2.29. The van der Waals surface area contributed by atoms with Crippen molar-refractivity contribution in [2.75, 3.05) is 13.6 Å². The number of sulfonamides is 1. The summed E-state index contributed by atoms with van der Waals surface area (Å²) < 4.78 is 26.7. The van der Waals surface area contributed by atoms with Crippen LogP contribution >= 0.6 is 0 Å². The molecule has 0 radical (unpaired) electrons. The number of unbranched alkanes of at least 4 members (excludes halogenated alkanes) is 1. The summed E-state index contributed by atoms with van der Waals surface area (Å²) in [6.45, 7) is 6.43. The van der Waals surface area contributed by atoms with Gasteiger partial charge in [0.05, 0.1) is 4.90 Å². The number of allylic oxidation sites excluding steroid dienone is 1. The molecule has 0 saturated heterocycles. The predicted molar refractivity (Wildman–Crippen MR) is 83.0 cm³/mol. The van der Waals surface area contributed by atoms with Crippen LogP contribution in [0.25, 0.3) is 0 Å². The van der Waals surface area contributed by atoms with E-state index in [9.17, 15) is 8.42 Å². The molecule has 0 aliphatic rings.